The van der Waals surface area contributed by atoms with Gasteiger partial charge in [0.05, 0.1) is 22.3 Å². The normalized spacial score (nSPS) is 10.1. The Morgan fingerprint density at radius 3 is 2.65 bits per heavy atom. The van der Waals surface area contributed by atoms with Crippen molar-refractivity contribution in [2.75, 3.05) is 5.32 Å². The van der Waals surface area contributed by atoms with Gasteiger partial charge in [0, 0.05) is 6.42 Å². The number of halogens is 1. The summed E-state index contributed by atoms with van der Waals surface area (Å²) in [5.41, 5.74) is 1.01. The first-order valence-electron chi connectivity index (χ1n) is 7.17. The highest BCUT2D eigenvalue weighted by Crippen LogP contribution is 2.23. The van der Waals surface area contributed by atoms with Gasteiger partial charge in [-0.25, -0.2) is 0 Å². The average Bonchev–Trinajstić information content (AvgIpc) is 2.45. The zero-order valence-electron chi connectivity index (χ0n) is 11.9. The fourth-order valence-electron chi connectivity index (χ4n) is 1.97. The number of unbranched alkanes of at least 4 members (excludes halogenated alkanes) is 5. The van der Waals surface area contributed by atoms with Crippen LogP contribution in [0.4, 0.5) is 5.69 Å². The maximum absolute atomic E-state index is 11.8. The second kappa shape index (κ2) is 9.39. The number of anilines is 1. The van der Waals surface area contributed by atoms with Crippen LogP contribution in [0.25, 0.3) is 0 Å². The number of nitrogens with one attached hydrogen (secondary N) is 1. The van der Waals surface area contributed by atoms with Gasteiger partial charge in [-0.1, -0.05) is 50.6 Å². The summed E-state index contributed by atoms with van der Waals surface area (Å²) in [6.07, 6.45) is 7.40. The number of amides is 1. The summed E-state index contributed by atoms with van der Waals surface area (Å²) in [5.74, 6) is -0.0440. The molecule has 1 aromatic carbocycles. The van der Waals surface area contributed by atoms with Crippen molar-refractivity contribution in [2.24, 2.45) is 0 Å². The molecule has 3 nitrogen and oxygen atoms in total. The van der Waals surface area contributed by atoms with E-state index in [-0.39, 0.29) is 5.91 Å². The molecule has 0 aliphatic heterocycles. The molecule has 0 heterocycles. The molecule has 0 radical (unpaired) electrons. The van der Waals surface area contributed by atoms with Crippen molar-refractivity contribution in [3.8, 4) is 6.07 Å². The van der Waals surface area contributed by atoms with Crippen molar-refractivity contribution in [2.45, 2.75) is 51.9 Å². The summed E-state index contributed by atoms with van der Waals surface area (Å²) >= 11 is 5.99. The largest absolute Gasteiger partial charge is 0.325 e. The third-order valence-electron chi connectivity index (χ3n) is 3.13. The minimum atomic E-state index is -0.0440. The van der Waals surface area contributed by atoms with Crippen molar-refractivity contribution >= 4 is 23.2 Å². The van der Waals surface area contributed by atoms with Crippen LogP contribution in [-0.2, 0) is 4.79 Å². The van der Waals surface area contributed by atoms with E-state index in [1.54, 1.807) is 18.2 Å². The number of hydrogen-bond acceptors (Lipinski definition) is 2. The minimum Gasteiger partial charge on any atom is -0.325 e. The lowest BCUT2D eigenvalue weighted by Gasteiger charge is -2.07. The van der Waals surface area contributed by atoms with Crippen LogP contribution in [0.2, 0.25) is 5.02 Å². The molecule has 0 saturated carbocycles. The van der Waals surface area contributed by atoms with Gasteiger partial charge in [0.2, 0.25) is 5.91 Å². The maximum atomic E-state index is 11.8. The molecule has 0 aromatic heterocycles. The Balaban J connectivity index is 2.34. The topological polar surface area (TPSA) is 52.9 Å². The zero-order valence-corrected chi connectivity index (χ0v) is 12.7. The lowest BCUT2D eigenvalue weighted by Crippen LogP contribution is -2.11. The maximum Gasteiger partial charge on any atom is 0.224 e. The molecular weight excluding hydrogens is 272 g/mol. The first-order chi connectivity index (χ1) is 9.67. The Labute approximate surface area is 125 Å². The van der Waals surface area contributed by atoms with Crippen LogP contribution >= 0.6 is 11.6 Å². The van der Waals surface area contributed by atoms with Gasteiger partial charge >= 0.3 is 0 Å². The van der Waals surface area contributed by atoms with Crippen molar-refractivity contribution in [3.05, 3.63) is 28.8 Å². The fourth-order valence-corrected chi connectivity index (χ4v) is 2.13. The van der Waals surface area contributed by atoms with Gasteiger partial charge < -0.3 is 5.32 Å². The third-order valence-corrected chi connectivity index (χ3v) is 3.46. The monoisotopic (exact) mass is 292 g/mol. The van der Waals surface area contributed by atoms with E-state index in [4.69, 9.17) is 16.9 Å². The van der Waals surface area contributed by atoms with Gasteiger partial charge in [-0.2, -0.15) is 5.26 Å². The number of hydrogen-bond donors (Lipinski definition) is 1. The Hall–Kier alpha value is -1.53. The van der Waals surface area contributed by atoms with Crippen molar-refractivity contribution in [1.82, 2.24) is 0 Å². The van der Waals surface area contributed by atoms with Crippen molar-refractivity contribution in [1.29, 1.82) is 5.26 Å². The van der Waals surface area contributed by atoms with E-state index >= 15 is 0 Å². The molecule has 108 valence electrons. The Morgan fingerprint density at radius 1 is 1.25 bits per heavy atom. The Morgan fingerprint density at radius 2 is 1.95 bits per heavy atom. The smallest absolute Gasteiger partial charge is 0.224 e. The lowest BCUT2D eigenvalue weighted by molar-refractivity contribution is -0.116. The molecule has 0 aliphatic carbocycles. The molecule has 0 aliphatic rings. The summed E-state index contributed by atoms with van der Waals surface area (Å²) in [4.78, 5) is 11.8. The van der Waals surface area contributed by atoms with Crippen molar-refractivity contribution < 1.29 is 4.79 Å². The third kappa shape index (κ3) is 6.08. The van der Waals surface area contributed by atoms with Gasteiger partial charge in [-0.15, -0.1) is 0 Å². The average molecular weight is 293 g/mol. The lowest BCUT2D eigenvalue weighted by atomic mass is 10.1. The highest BCUT2D eigenvalue weighted by Gasteiger charge is 2.06. The van der Waals surface area contributed by atoms with Crippen LogP contribution in [0.15, 0.2) is 18.2 Å². The Kier molecular flexibility index (Phi) is 7.75. The van der Waals surface area contributed by atoms with Crippen LogP contribution in [-0.4, -0.2) is 5.91 Å². The molecular formula is C16H21ClN2O. The second-order valence-corrected chi connectivity index (χ2v) is 5.28. The van der Waals surface area contributed by atoms with E-state index in [2.05, 4.69) is 12.2 Å². The first kappa shape index (κ1) is 16.5. The molecule has 0 fully saturated rings. The summed E-state index contributed by atoms with van der Waals surface area (Å²) in [6, 6.07) is 6.88. The van der Waals surface area contributed by atoms with Gasteiger partial charge in [0.15, 0.2) is 0 Å². The molecule has 1 aromatic rings. The number of nitriles is 1. The first-order valence-corrected chi connectivity index (χ1v) is 7.54. The molecule has 0 unspecified atom stereocenters. The van der Waals surface area contributed by atoms with E-state index in [0.29, 0.717) is 22.7 Å². The van der Waals surface area contributed by atoms with Gasteiger partial charge in [0.1, 0.15) is 0 Å². The van der Waals surface area contributed by atoms with Gasteiger partial charge in [0.25, 0.3) is 0 Å². The van der Waals surface area contributed by atoms with Crippen LogP contribution in [0.1, 0.15) is 57.4 Å². The molecule has 0 bridgehead atoms. The van der Waals surface area contributed by atoms with Crippen LogP contribution in [0.3, 0.4) is 0 Å². The zero-order chi connectivity index (χ0) is 14.8. The summed E-state index contributed by atoms with van der Waals surface area (Å²) in [5, 5.41) is 12.0. The second-order valence-electron chi connectivity index (χ2n) is 4.87. The molecule has 0 atom stereocenters. The van der Waals surface area contributed by atoms with Crippen molar-refractivity contribution in [3.63, 3.8) is 0 Å². The molecule has 1 N–H and O–H groups in total. The Bertz CT molecular complexity index is 480. The van der Waals surface area contributed by atoms with E-state index in [1.807, 2.05) is 6.07 Å². The van der Waals surface area contributed by atoms with E-state index < -0.39 is 0 Å². The highest BCUT2D eigenvalue weighted by molar-refractivity contribution is 6.33. The van der Waals surface area contributed by atoms with E-state index in [1.165, 1.54) is 25.7 Å². The highest BCUT2D eigenvalue weighted by atomic mass is 35.5. The molecule has 4 heteroatoms. The van der Waals surface area contributed by atoms with Gasteiger partial charge in [-0.05, 0) is 24.6 Å². The molecule has 0 spiro atoms. The van der Waals surface area contributed by atoms with Crippen LogP contribution < -0.4 is 5.32 Å². The van der Waals surface area contributed by atoms with E-state index in [0.717, 1.165) is 12.8 Å². The number of carbonyl (C=O) groups excluding carboxylic acids is 1. The number of rotatable bonds is 8. The van der Waals surface area contributed by atoms with E-state index in [9.17, 15) is 4.79 Å². The fraction of sp³-hybridized carbons (Fsp3) is 0.500. The summed E-state index contributed by atoms with van der Waals surface area (Å²) in [7, 11) is 0. The van der Waals surface area contributed by atoms with Crippen LogP contribution in [0, 0.1) is 11.3 Å². The van der Waals surface area contributed by atoms with Crippen LogP contribution in [0.5, 0.6) is 0 Å². The molecule has 1 rings (SSSR count). The summed E-state index contributed by atoms with van der Waals surface area (Å²) in [6.45, 7) is 2.19. The number of carbonyl (C=O) groups is 1. The quantitative estimate of drug-likeness (QED) is 0.693. The number of nitrogens with zero attached hydrogens (tertiary/aromatic N) is 1. The predicted octanol–water partition coefficient (Wildman–Crippen LogP) is 4.90. The minimum absolute atomic E-state index is 0.0440. The predicted molar refractivity (Wildman–Crippen MR) is 82.8 cm³/mol. The molecule has 20 heavy (non-hydrogen) atoms. The summed E-state index contributed by atoms with van der Waals surface area (Å²) < 4.78 is 0. The SMILES string of the molecule is CCCCCCCCC(=O)Nc1cc(C#N)ccc1Cl. The van der Waals surface area contributed by atoms with Gasteiger partial charge in [-0.3, -0.25) is 4.79 Å². The molecule has 0 saturated heterocycles. The molecule has 1 amide bonds. The number of benzene rings is 1. The standard InChI is InChI=1S/C16H21ClN2O/c1-2-3-4-5-6-7-8-16(20)19-15-11-13(12-18)9-10-14(15)17/h9-11H,2-8H2,1H3,(H,19,20).